The van der Waals surface area contributed by atoms with Gasteiger partial charge in [0.25, 0.3) is 0 Å². The van der Waals surface area contributed by atoms with Crippen LogP contribution in [0.5, 0.6) is 11.5 Å². The molecule has 2 unspecified atom stereocenters. The van der Waals surface area contributed by atoms with Crippen molar-refractivity contribution >= 4 is 6.01 Å². The number of hydrogen-bond acceptors (Lipinski definition) is 7. The molecule has 7 nitrogen and oxygen atoms in total. The molecule has 0 bridgehead atoms. The van der Waals surface area contributed by atoms with Crippen LogP contribution in [0.25, 0.3) is 11.5 Å². The van der Waals surface area contributed by atoms with E-state index in [1.54, 1.807) is 7.11 Å². The number of ether oxygens (including phenoxy) is 3. The number of benzene rings is 1. The predicted octanol–water partition coefficient (Wildman–Crippen LogP) is 3.51. The number of nitrogens with zero attached hydrogens (tertiary/aromatic N) is 2. The van der Waals surface area contributed by atoms with Crippen molar-refractivity contribution in [3.63, 3.8) is 0 Å². The molecule has 2 heterocycles. The summed E-state index contributed by atoms with van der Waals surface area (Å²) in [4.78, 5) is 0. The largest absolute Gasteiger partial charge is 0.493 e. The molecule has 7 heteroatoms. The van der Waals surface area contributed by atoms with Crippen LogP contribution in [0.15, 0.2) is 22.6 Å². The molecule has 136 valence electrons. The molecule has 0 spiro atoms. The van der Waals surface area contributed by atoms with Gasteiger partial charge >= 0.3 is 6.01 Å². The minimum Gasteiger partial charge on any atom is -0.493 e. The van der Waals surface area contributed by atoms with Crippen LogP contribution < -0.4 is 14.8 Å². The van der Waals surface area contributed by atoms with E-state index < -0.39 is 0 Å². The number of nitrogens with one attached hydrogen (secondary N) is 1. The summed E-state index contributed by atoms with van der Waals surface area (Å²) >= 11 is 0. The van der Waals surface area contributed by atoms with Gasteiger partial charge in [0.05, 0.1) is 19.8 Å². The van der Waals surface area contributed by atoms with Crippen LogP contribution in [0.2, 0.25) is 0 Å². The van der Waals surface area contributed by atoms with E-state index in [9.17, 15) is 0 Å². The standard InChI is InChI=1S/C18H25N3O4/c1-4-8-24-15-6-5-13(11-16(15)22-3)17-20-21-18(25-17)19-14-7-9-23-12(2)10-14/h5-6,11-12,14H,4,7-10H2,1-3H3,(H,19,21). The lowest BCUT2D eigenvalue weighted by Gasteiger charge is -2.27. The average Bonchev–Trinajstić information content (AvgIpc) is 3.08. The second-order valence-corrected chi connectivity index (χ2v) is 6.17. The molecule has 1 fully saturated rings. The second kappa shape index (κ2) is 8.20. The Kier molecular flexibility index (Phi) is 5.75. The maximum Gasteiger partial charge on any atom is 0.315 e. The summed E-state index contributed by atoms with van der Waals surface area (Å²) in [5.74, 6) is 1.81. The van der Waals surface area contributed by atoms with Gasteiger partial charge in [-0.2, -0.15) is 0 Å². The molecule has 1 aliphatic heterocycles. The Balaban J connectivity index is 1.71. The number of hydrogen-bond donors (Lipinski definition) is 1. The molecule has 0 aliphatic carbocycles. The highest BCUT2D eigenvalue weighted by Gasteiger charge is 2.21. The van der Waals surface area contributed by atoms with Gasteiger partial charge < -0.3 is 23.9 Å². The molecule has 1 aromatic carbocycles. The predicted molar refractivity (Wildman–Crippen MR) is 94.1 cm³/mol. The normalized spacial score (nSPS) is 20.3. The SMILES string of the molecule is CCCOc1ccc(-c2nnc(NC3CCOC(C)C3)o2)cc1OC. The van der Waals surface area contributed by atoms with Crippen LogP contribution >= 0.6 is 0 Å². The number of rotatable bonds is 7. The molecule has 1 aromatic heterocycles. The zero-order valence-corrected chi connectivity index (χ0v) is 14.9. The van der Waals surface area contributed by atoms with Crippen LogP contribution in [0, 0.1) is 0 Å². The lowest BCUT2D eigenvalue weighted by atomic mass is 10.1. The van der Waals surface area contributed by atoms with Crippen molar-refractivity contribution in [1.29, 1.82) is 0 Å². The van der Waals surface area contributed by atoms with Crippen LogP contribution in [-0.4, -0.2) is 42.7 Å². The molecule has 0 amide bonds. The van der Waals surface area contributed by atoms with E-state index in [-0.39, 0.29) is 12.1 Å². The van der Waals surface area contributed by atoms with Gasteiger partial charge in [0.2, 0.25) is 5.89 Å². The maximum absolute atomic E-state index is 5.76. The highest BCUT2D eigenvalue weighted by molar-refractivity contribution is 5.60. The summed E-state index contributed by atoms with van der Waals surface area (Å²) in [6.07, 6.45) is 3.04. The van der Waals surface area contributed by atoms with Crippen molar-refractivity contribution < 1.29 is 18.6 Å². The Morgan fingerprint density at radius 1 is 1.28 bits per heavy atom. The number of methoxy groups -OCH3 is 1. The fourth-order valence-electron chi connectivity index (χ4n) is 2.83. The van der Waals surface area contributed by atoms with E-state index in [4.69, 9.17) is 18.6 Å². The summed E-state index contributed by atoms with van der Waals surface area (Å²) in [6, 6.07) is 6.32. The van der Waals surface area contributed by atoms with E-state index >= 15 is 0 Å². The van der Waals surface area contributed by atoms with Crippen LogP contribution in [0.4, 0.5) is 6.01 Å². The fraction of sp³-hybridized carbons (Fsp3) is 0.556. The lowest BCUT2D eigenvalue weighted by molar-refractivity contribution is 0.0229. The third-order valence-electron chi connectivity index (χ3n) is 4.11. The molecular formula is C18H25N3O4. The molecule has 2 aromatic rings. The summed E-state index contributed by atoms with van der Waals surface area (Å²) in [5.41, 5.74) is 0.793. The van der Waals surface area contributed by atoms with Gasteiger partial charge in [-0.15, -0.1) is 5.10 Å². The molecule has 0 saturated carbocycles. The van der Waals surface area contributed by atoms with Crippen LogP contribution in [-0.2, 0) is 4.74 Å². The van der Waals surface area contributed by atoms with E-state index in [1.165, 1.54) is 0 Å². The Labute approximate surface area is 147 Å². The van der Waals surface area contributed by atoms with Crippen LogP contribution in [0.1, 0.15) is 33.1 Å². The van der Waals surface area contributed by atoms with Gasteiger partial charge in [0, 0.05) is 18.2 Å². The first-order valence-electron chi connectivity index (χ1n) is 8.72. The molecule has 2 atom stereocenters. The highest BCUT2D eigenvalue weighted by atomic mass is 16.5. The van der Waals surface area contributed by atoms with Crippen molar-refractivity contribution in [2.24, 2.45) is 0 Å². The molecule has 1 N–H and O–H groups in total. The number of anilines is 1. The first kappa shape index (κ1) is 17.5. The van der Waals surface area contributed by atoms with E-state index in [2.05, 4.69) is 29.4 Å². The molecule has 3 rings (SSSR count). The third kappa shape index (κ3) is 4.42. The number of aromatic nitrogens is 2. The van der Waals surface area contributed by atoms with Gasteiger partial charge in [-0.05, 0) is 44.4 Å². The van der Waals surface area contributed by atoms with Gasteiger partial charge in [0.1, 0.15) is 0 Å². The average molecular weight is 347 g/mol. The summed E-state index contributed by atoms with van der Waals surface area (Å²) in [5, 5.41) is 11.5. The molecule has 1 saturated heterocycles. The fourth-order valence-corrected chi connectivity index (χ4v) is 2.83. The van der Waals surface area contributed by atoms with Crippen molar-refractivity contribution in [2.75, 3.05) is 25.6 Å². The second-order valence-electron chi connectivity index (χ2n) is 6.17. The minimum atomic E-state index is 0.244. The molecular weight excluding hydrogens is 322 g/mol. The Morgan fingerprint density at radius 2 is 2.16 bits per heavy atom. The summed E-state index contributed by atoms with van der Waals surface area (Å²) < 4.78 is 22.4. The smallest absolute Gasteiger partial charge is 0.315 e. The topological polar surface area (TPSA) is 78.6 Å². The third-order valence-corrected chi connectivity index (χ3v) is 4.11. The zero-order valence-electron chi connectivity index (χ0n) is 14.9. The molecule has 25 heavy (non-hydrogen) atoms. The van der Waals surface area contributed by atoms with E-state index in [0.717, 1.165) is 31.4 Å². The Bertz CT molecular complexity index is 689. The first-order valence-corrected chi connectivity index (χ1v) is 8.72. The zero-order chi connectivity index (χ0) is 17.6. The summed E-state index contributed by atoms with van der Waals surface area (Å²) in [7, 11) is 1.62. The van der Waals surface area contributed by atoms with Gasteiger partial charge in [-0.25, -0.2) is 0 Å². The van der Waals surface area contributed by atoms with E-state index in [0.29, 0.717) is 30.0 Å². The first-order chi connectivity index (χ1) is 12.2. The monoisotopic (exact) mass is 347 g/mol. The van der Waals surface area contributed by atoms with E-state index in [1.807, 2.05) is 18.2 Å². The summed E-state index contributed by atoms with van der Waals surface area (Å²) in [6.45, 7) is 5.53. The molecule has 1 aliphatic rings. The van der Waals surface area contributed by atoms with Crippen molar-refractivity contribution in [3.05, 3.63) is 18.2 Å². The van der Waals surface area contributed by atoms with Gasteiger partial charge in [-0.3, -0.25) is 0 Å². The maximum atomic E-state index is 5.76. The van der Waals surface area contributed by atoms with Crippen molar-refractivity contribution in [3.8, 4) is 23.0 Å². The molecule has 0 radical (unpaired) electrons. The van der Waals surface area contributed by atoms with Crippen molar-refractivity contribution in [2.45, 2.75) is 45.3 Å². The lowest BCUT2D eigenvalue weighted by Crippen LogP contribution is -2.32. The minimum absolute atomic E-state index is 0.244. The van der Waals surface area contributed by atoms with Gasteiger partial charge in [-0.1, -0.05) is 12.0 Å². The highest BCUT2D eigenvalue weighted by Crippen LogP contribution is 2.32. The quantitative estimate of drug-likeness (QED) is 0.821. The van der Waals surface area contributed by atoms with Crippen LogP contribution in [0.3, 0.4) is 0 Å². The Hall–Kier alpha value is -2.28. The Morgan fingerprint density at radius 3 is 2.92 bits per heavy atom. The van der Waals surface area contributed by atoms with Crippen molar-refractivity contribution in [1.82, 2.24) is 10.2 Å². The van der Waals surface area contributed by atoms with Gasteiger partial charge in [0.15, 0.2) is 11.5 Å².